The molecule has 1 aromatic rings. The highest BCUT2D eigenvalue weighted by atomic mass is 79.9. The van der Waals surface area contributed by atoms with E-state index >= 15 is 0 Å². The van der Waals surface area contributed by atoms with Gasteiger partial charge in [-0.2, -0.15) is 0 Å². The molecule has 0 aliphatic heterocycles. The van der Waals surface area contributed by atoms with Gasteiger partial charge in [-0.05, 0) is 12.1 Å². The Hall–Kier alpha value is -0.540. The van der Waals surface area contributed by atoms with Crippen molar-refractivity contribution < 1.29 is 17.9 Å². The van der Waals surface area contributed by atoms with Gasteiger partial charge in [0.1, 0.15) is 10.7 Å². The van der Waals surface area contributed by atoms with Crippen LogP contribution in [0.2, 0.25) is 0 Å². The van der Waals surface area contributed by atoms with E-state index in [1.807, 2.05) is 0 Å². The van der Waals surface area contributed by atoms with Gasteiger partial charge in [0.15, 0.2) is 0 Å². The quantitative estimate of drug-likeness (QED) is 0.804. The SMILES string of the molecule is CN(C)NS(=O)(=O)c1cc(Br)cc(CO)c1F. The number of aliphatic hydroxyl groups excluding tert-OH is 1. The molecule has 0 aliphatic carbocycles. The van der Waals surface area contributed by atoms with Gasteiger partial charge >= 0.3 is 0 Å². The van der Waals surface area contributed by atoms with Crippen LogP contribution in [-0.4, -0.2) is 32.6 Å². The lowest BCUT2D eigenvalue weighted by Gasteiger charge is -2.14. The number of hydrogen-bond acceptors (Lipinski definition) is 4. The Labute approximate surface area is 107 Å². The number of hydrazine groups is 1. The van der Waals surface area contributed by atoms with E-state index in [1.54, 1.807) is 0 Å². The number of nitrogens with zero attached hydrogens (tertiary/aromatic N) is 1. The Morgan fingerprint density at radius 1 is 1.47 bits per heavy atom. The molecule has 0 bridgehead atoms. The number of nitrogens with one attached hydrogen (secondary N) is 1. The predicted molar refractivity (Wildman–Crippen MR) is 64.0 cm³/mol. The summed E-state index contributed by atoms with van der Waals surface area (Å²) in [5.74, 6) is -0.954. The van der Waals surface area contributed by atoms with Gasteiger partial charge in [-0.3, -0.25) is 0 Å². The molecule has 17 heavy (non-hydrogen) atoms. The molecule has 0 amide bonds. The zero-order chi connectivity index (χ0) is 13.2. The second-order valence-corrected chi connectivity index (χ2v) is 6.07. The van der Waals surface area contributed by atoms with Crippen LogP contribution in [0.1, 0.15) is 5.56 Å². The van der Waals surface area contributed by atoms with Gasteiger partial charge in [-0.25, -0.2) is 17.8 Å². The molecule has 0 spiro atoms. The standard InChI is InChI=1S/C9H12BrFN2O3S/c1-13(2)12-17(15,16)8-4-7(10)3-6(5-14)9(8)11/h3-4,12,14H,5H2,1-2H3. The topological polar surface area (TPSA) is 69.6 Å². The third-order valence-electron chi connectivity index (χ3n) is 1.84. The first kappa shape index (κ1) is 14.5. The minimum atomic E-state index is -3.99. The van der Waals surface area contributed by atoms with Crippen LogP contribution in [0.15, 0.2) is 21.5 Å². The fourth-order valence-electron chi connectivity index (χ4n) is 1.22. The summed E-state index contributed by atoms with van der Waals surface area (Å²) < 4.78 is 37.7. The van der Waals surface area contributed by atoms with Crippen LogP contribution in [0.3, 0.4) is 0 Å². The highest BCUT2D eigenvalue weighted by Gasteiger charge is 2.22. The smallest absolute Gasteiger partial charge is 0.256 e. The first-order chi connectivity index (χ1) is 7.77. The maximum Gasteiger partial charge on any atom is 0.256 e. The molecule has 2 N–H and O–H groups in total. The minimum absolute atomic E-state index is 0.0847. The molecule has 1 aromatic carbocycles. The molecule has 0 fully saturated rings. The van der Waals surface area contributed by atoms with Crippen LogP contribution in [0.5, 0.6) is 0 Å². The number of benzene rings is 1. The average molecular weight is 327 g/mol. The molecule has 0 saturated heterocycles. The van der Waals surface area contributed by atoms with Gasteiger partial charge < -0.3 is 5.11 Å². The van der Waals surface area contributed by atoms with Crippen molar-refractivity contribution in [2.75, 3.05) is 14.1 Å². The van der Waals surface area contributed by atoms with Crippen LogP contribution in [0.25, 0.3) is 0 Å². The molecule has 0 saturated carbocycles. The lowest BCUT2D eigenvalue weighted by molar-refractivity contribution is 0.274. The Balaban J connectivity index is 3.36. The normalized spacial score (nSPS) is 12.1. The monoisotopic (exact) mass is 326 g/mol. The van der Waals surface area contributed by atoms with Crippen molar-refractivity contribution in [3.63, 3.8) is 0 Å². The number of hydrogen-bond donors (Lipinski definition) is 2. The zero-order valence-corrected chi connectivity index (χ0v) is 11.6. The maximum absolute atomic E-state index is 13.8. The Morgan fingerprint density at radius 2 is 2.06 bits per heavy atom. The van der Waals surface area contributed by atoms with Crippen molar-refractivity contribution in [3.05, 3.63) is 28.0 Å². The molecule has 0 atom stereocenters. The van der Waals surface area contributed by atoms with E-state index in [4.69, 9.17) is 5.11 Å². The molecule has 0 heterocycles. The van der Waals surface area contributed by atoms with Gasteiger partial charge in [0.25, 0.3) is 10.0 Å². The van der Waals surface area contributed by atoms with Crippen LogP contribution < -0.4 is 4.83 Å². The van der Waals surface area contributed by atoms with E-state index in [1.165, 1.54) is 25.2 Å². The first-order valence-corrected chi connectivity index (χ1v) is 6.84. The maximum atomic E-state index is 13.8. The summed E-state index contributed by atoms with van der Waals surface area (Å²) in [7, 11) is -1.04. The lowest BCUT2D eigenvalue weighted by Crippen LogP contribution is -2.36. The molecule has 0 unspecified atom stereocenters. The van der Waals surface area contributed by atoms with E-state index in [0.29, 0.717) is 4.47 Å². The van der Waals surface area contributed by atoms with Crippen molar-refractivity contribution in [1.82, 2.24) is 9.84 Å². The largest absolute Gasteiger partial charge is 0.392 e. The van der Waals surface area contributed by atoms with E-state index in [-0.39, 0.29) is 5.56 Å². The number of rotatable bonds is 4. The molecule has 0 aromatic heterocycles. The van der Waals surface area contributed by atoms with Crippen molar-refractivity contribution in [2.24, 2.45) is 0 Å². The van der Waals surface area contributed by atoms with Crippen molar-refractivity contribution in [2.45, 2.75) is 11.5 Å². The number of halogens is 2. The van der Waals surface area contributed by atoms with E-state index in [0.717, 1.165) is 6.07 Å². The highest BCUT2D eigenvalue weighted by molar-refractivity contribution is 9.10. The third kappa shape index (κ3) is 3.46. The fourth-order valence-corrected chi connectivity index (χ4v) is 3.10. The molecular weight excluding hydrogens is 315 g/mol. The van der Waals surface area contributed by atoms with E-state index in [2.05, 4.69) is 20.8 Å². The molecule has 0 radical (unpaired) electrons. The lowest BCUT2D eigenvalue weighted by atomic mass is 10.2. The predicted octanol–water partition coefficient (Wildman–Crippen LogP) is 0.835. The van der Waals surface area contributed by atoms with Gasteiger partial charge in [0, 0.05) is 24.1 Å². The minimum Gasteiger partial charge on any atom is -0.392 e. The van der Waals surface area contributed by atoms with Crippen LogP contribution >= 0.6 is 15.9 Å². The summed E-state index contributed by atoms with van der Waals surface area (Å²) in [4.78, 5) is 1.61. The van der Waals surface area contributed by atoms with E-state index in [9.17, 15) is 12.8 Å². The molecule has 96 valence electrons. The van der Waals surface area contributed by atoms with Crippen molar-refractivity contribution in [1.29, 1.82) is 0 Å². The van der Waals surface area contributed by atoms with Crippen LogP contribution in [0, 0.1) is 5.82 Å². The van der Waals surface area contributed by atoms with Gasteiger partial charge in [-0.1, -0.05) is 15.9 Å². The van der Waals surface area contributed by atoms with E-state index < -0.39 is 27.3 Å². The molecular formula is C9H12BrFN2O3S. The van der Waals surface area contributed by atoms with Gasteiger partial charge in [0.05, 0.1) is 6.61 Å². The first-order valence-electron chi connectivity index (χ1n) is 4.56. The third-order valence-corrected chi connectivity index (χ3v) is 3.78. The fraction of sp³-hybridized carbons (Fsp3) is 0.333. The van der Waals surface area contributed by atoms with Crippen LogP contribution in [0.4, 0.5) is 4.39 Å². The van der Waals surface area contributed by atoms with Crippen molar-refractivity contribution >= 4 is 26.0 Å². The molecule has 8 heteroatoms. The Kier molecular flexibility index (Phi) is 4.62. The molecule has 0 aliphatic rings. The van der Waals surface area contributed by atoms with Crippen LogP contribution in [-0.2, 0) is 16.6 Å². The summed E-state index contributed by atoms with van der Waals surface area (Å²) >= 11 is 3.06. The van der Waals surface area contributed by atoms with Gasteiger partial charge in [0.2, 0.25) is 0 Å². The zero-order valence-electron chi connectivity index (χ0n) is 9.24. The second-order valence-electron chi connectivity index (χ2n) is 3.52. The van der Waals surface area contributed by atoms with Gasteiger partial charge in [-0.15, -0.1) is 4.83 Å². The molecule has 1 rings (SSSR count). The number of sulfonamides is 1. The summed E-state index contributed by atoms with van der Waals surface area (Å²) in [6.07, 6.45) is 0. The average Bonchev–Trinajstić information content (AvgIpc) is 2.18. The highest BCUT2D eigenvalue weighted by Crippen LogP contribution is 2.24. The Bertz CT molecular complexity index is 519. The summed E-state index contributed by atoms with van der Waals surface area (Å²) in [6, 6.07) is 2.46. The second kappa shape index (κ2) is 5.40. The summed E-state index contributed by atoms with van der Waals surface area (Å²) in [5, 5.41) is 10.1. The Morgan fingerprint density at radius 3 is 2.53 bits per heavy atom. The summed E-state index contributed by atoms with van der Waals surface area (Å²) in [5.41, 5.74) is -0.0847. The molecule has 5 nitrogen and oxygen atoms in total. The number of aliphatic hydroxyl groups is 1. The summed E-state index contributed by atoms with van der Waals surface area (Å²) in [6.45, 7) is -0.574. The van der Waals surface area contributed by atoms with Crippen molar-refractivity contribution in [3.8, 4) is 0 Å².